The normalized spacial score (nSPS) is 14.1. The van der Waals surface area contributed by atoms with Crippen molar-refractivity contribution in [2.75, 3.05) is 26.0 Å². The predicted molar refractivity (Wildman–Crippen MR) is 70.8 cm³/mol. The molecule has 1 heterocycles. The van der Waals surface area contributed by atoms with Crippen LogP contribution in [0.4, 0.5) is 5.00 Å². The number of hydrogen-bond acceptors (Lipinski definition) is 3. The molecule has 2 nitrogen and oxygen atoms in total. The lowest BCUT2D eigenvalue weighted by atomic mass is 10.1. The zero-order chi connectivity index (χ0) is 11.4. The molecule has 1 N–H and O–H groups in total. The standard InChI is InChI=1S/C12H20N2S/c1-9(10(2)13-3)8-11-6-7-12(15-11)14(4)5/h6-8,10,13H,1-5H3/b9-8+. The Hall–Kier alpha value is -0.800. The van der Waals surface area contributed by atoms with Gasteiger partial charge in [-0.1, -0.05) is 5.57 Å². The summed E-state index contributed by atoms with van der Waals surface area (Å²) in [7, 11) is 6.13. The summed E-state index contributed by atoms with van der Waals surface area (Å²) in [5.74, 6) is 0. The van der Waals surface area contributed by atoms with E-state index in [0.717, 1.165) is 0 Å². The Bertz CT molecular complexity index is 339. The summed E-state index contributed by atoms with van der Waals surface area (Å²) in [5.41, 5.74) is 1.37. The molecule has 0 fully saturated rings. The molecule has 0 aromatic carbocycles. The first kappa shape index (κ1) is 12.3. The van der Waals surface area contributed by atoms with Crippen molar-refractivity contribution in [2.24, 2.45) is 0 Å². The lowest BCUT2D eigenvalue weighted by molar-refractivity contribution is 0.696. The number of likely N-dealkylation sites (N-methyl/N-ethyl adjacent to an activating group) is 1. The molecule has 0 saturated carbocycles. The van der Waals surface area contributed by atoms with Crippen molar-refractivity contribution < 1.29 is 0 Å². The molecule has 0 radical (unpaired) electrons. The first-order valence-corrected chi connectivity index (χ1v) is 5.99. The quantitative estimate of drug-likeness (QED) is 0.846. The lowest BCUT2D eigenvalue weighted by Crippen LogP contribution is -2.21. The van der Waals surface area contributed by atoms with Crippen LogP contribution in [0.25, 0.3) is 6.08 Å². The molecule has 1 aromatic heterocycles. The smallest absolute Gasteiger partial charge is 0.0909 e. The number of hydrogen-bond donors (Lipinski definition) is 1. The third-order valence-corrected chi connectivity index (χ3v) is 3.74. The van der Waals surface area contributed by atoms with Gasteiger partial charge in [0.15, 0.2) is 0 Å². The minimum atomic E-state index is 0.440. The summed E-state index contributed by atoms with van der Waals surface area (Å²) in [6.07, 6.45) is 2.25. The molecule has 1 atom stereocenters. The Morgan fingerprint density at radius 3 is 2.60 bits per heavy atom. The van der Waals surface area contributed by atoms with Crippen LogP contribution in [0.1, 0.15) is 18.7 Å². The van der Waals surface area contributed by atoms with Gasteiger partial charge in [-0.05, 0) is 39.1 Å². The predicted octanol–water partition coefficient (Wildman–Crippen LogP) is 2.83. The van der Waals surface area contributed by atoms with Crippen LogP contribution in [0.5, 0.6) is 0 Å². The van der Waals surface area contributed by atoms with Crippen LogP contribution >= 0.6 is 11.3 Å². The maximum absolute atomic E-state index is 3.24. The van der Waals surface area contributed by atoms with Crippen LogP contribution in [0, 0.1) is 0 Å². The molecule has 1 rings (SSSR count). The highest BCUT2D eigenvalue weighted by Gasteiger charge is 2.03. The van der Waals surface area contributed by atoms with Gasteiger partial charge in [0.1, 0.15) is 0 Å². The monoisotopic (exact) mass is 224 g/mol. The van der Waals surface area contributed by atoms with E-state index in [9.17, 15) is 0 Å². The van der Waals surface area contributed by atoms with Gasteiger partial charge in [-0.25, -0.2) is 0 Å². The van der Waals surface area contributed by atoms with Crippen LogP contribution in [0.2, 0.25) is 0 Å². The van der Waals surface area contributed by atoms with Crippen molar-refractivity contribution in [2.45, 2.75) is 19.9 Å². The summed E-state index contributed by atoms with van der Waals surface area (Å²) in [6.45, 7) is 4.34. The SMILES string of the molecule is CNC(C)/C(C)=C/c1ccc(N(C)C)s1. The zero-order valence-corrected chi connectivity index (χ0v) is 11.0. The lowest BCUT2D eigenvalue weighted by Gasteiger charge is -2.10. The van der Waals surface area contributed by atoms with Gasteiger partial charge in [0.2, 0.25) is 0 Å². The van der Waals surface area contributed by atoms with E-state index < -0.39 is 0 Å². The van der Waals surface area contributed by atoms with Crippen LogP contribution in [-0.2, 0) is 0 Å². The van der Waals surface area contributed by atoms with E-state index in [1.165, 1.54) is 15.5 Å². The molecule has 0 aliphatic heterocycles. The largest absolute Gasteiger partial charge is 0.370 e. The first-order valence-electron chi connectivity index (χ1n) is 5.17. The Morgan fingerprint density at radius 2 is 2.13 bits per heavy atom. The topological polar surface area (TPSA) is 15.3 Å². The van der Waals surface area contributed by atoms with E-state index in [1.54, 1.807) is 0 Å². The molecule has 0 bridgehead atoms. The number of rotatable bonds is 4. The molecule has 0 spiro atoms. The molecule has 0 aliphatic rings. The summed E-state index contributed by atoms with van der Waals surface area (Å²) < 4.78 is 0. The zero-order valence-electron chi connectivity index (χ0n) is 10.2. The van der Waals surface area contributed by atoms with Gasteiger partial charge in [0.25, 0.3) is 0 Å². The summed E-state index contributed by atoms with van der Waals surface area (Å²) in [6, 6.07) is 4.77. The van der Waals surface area contributed by atoms with Crippen molar-refractivity contribution in [1.29, 1.82) is 0 Å². The number of nitrogens with one attached hydrogen (secondary N) is 1. The molecule has 1 aromatic rings. The van der Waals surface area contributed by atoms with E-state index in [0.29, 0.717) is 6.04 Å². The number of anilines is 1. The maximum Gasteiger partial charge on any atom is 0.0909 e. The summed E-state index contributed by atoms with van der Waals surface area (Å²) >= 11 is 1.82. The second-order valence-electron chi connectivity index (χ2n) is 3.97. The summed E-state index contributed by atoms with van der Waals surface area (Å²) in [5, 5.41) is 4.54. The minimum absolute atomic E-state index is 0.440. The van der Waals surface area contributed by atoms with Crippen LogP contribution in [0.15, 0.2) is 17.7 Å². The van der Waals surface area contributed by atoms with E-state index >= 15 is 0 Å². The van der Waals surface area contributed by atoms with Gasteiger partial charge >= 0.3 is 0 Å². The van der Waals surface area contributed by atoms with E-state index in [4.69, 9.17) is 0 Å². The molecule has 0 aliphatic carbocycles. The molecule has 84 valence electrons. The second-order valence-corrected chi connectivity index (χ2v) is 5.06. The van der Waals surface area contributed by atoms with Gasteiger partial charge in [0.05, 0.1) is 5.00 Å². The Kier molecular flexibility index (Phi) is 4.36. The Balaban J connectivity index is 2.80. The van der Waals surface area contributed by atoms with Gasteiger partial charge in [0, 0.05) is 25.0 Å². The number of thiophene rings is 1. The highest BCUT2D eigenvalue weighted by molar-refractivity contribution is 7.16. The summed E-state index contributed by atoms with van der Waals surface area (Å²) in [4.78, 5) is 3.46. The van der Waals surface area contributed by atoms with Crippen LogP contribution in [0.3, 0.4) is 0 Å². The van der Waals surface area contributed by atoms with E-state index in [2.05, 4.69) is 56.4 Å². The molecule has 1 unspecified atom stereocenters. The highest BCUT2D eigenvalue weighted by atomic mass is 32.1. The van der Waals surface area contributed by atoms with Crippen molar-refractivity contribution in [3.8, 4) is 0 Å². The van der Waals surface area contributed by atoms with Gasteiger partial charge in [-0.2, -0.15) is 0 Å². The average molecular weight is 224 g/mol. The van der Waals surface area contributed by atoms with Crippen molar-refractivity contribution >= 4 is 22.4 Å². The fraction of sp³-hybridized carbons (Fsp3) is 0.500. The third kappa shape index (κ3) is 3.36. The van der Waals surface area contributed by atoms with Gasteiger partial charge in [-0.15, -0.1) is 11.3 Å². The number of nitrogens with zero attached hydrogens (tertiary/aromatic N) is 1. The van der Waals surface area contributed by atoms with Crippen molar-refractivity contribution in [3.05, 3.63) is 22.6 Å². The molecule has 0 amide bonds. The van der Waals surface area contributed by atoms with Gasteiger partial charge < -0.3 is 10.2 Å². The first-order chi connectivity index (χ1) is 7.04. The van der Waals surface area contributed by atoms with Gasteiger partial charge in [-0.3, -0.25) is 0 Å². The molecule has 15 heavy (non-hydrogen) atoms. The van der Waals surface area contributed by atoms with Crippen LogP contribution < -0.4 is 10.2 Å². The fourth-order valence-electron chi connectivity index (χ4n) is 1.24. The maximum atomic E-state index is 3.24. The van der Waals surface area contributed by atoms with E-state index in [-0.39, 0.29) is 0 Å². The van der Waals surface area contributed by atoms with Crippen LogP contribution in [-0.4, -0.2) is 27.2 Å². The average Bonchev–Trinajstić information content (AvgIpc) is 2.65. The fourth-order valence-corrected chi connectivity index (χ4v) is 2.18. The van der Waals surface area contributed by atoms with E-state index in [1.807, 2.05) is 18.4 Å². The second kappa shape index (κ2) is 5.33. The molecule has 3 heteroatoms. The van der Waals surface area contributed by atoms with Crippen molar-refractivity contribution in [3.63, 3.8) is 0 Å². The highest BCUT2D eigenvalue weighted by Crippen LogP contribution is 2.26. The van der Waals surface area contributed by atoms with Crippen molar-refractivity contribution in [1.82, 2.24) is 5.32 Å². The molecule has 0 saturated heterocycles. The molecular weight excluding hydrogens is 204 g/mol. The Labute approximate surface area is 96.6 Å². The minimum Gasteiger partial charge on any atom is -0.370 e. The Morgan fingerprint density at radius 1 is 1.47 bits per heavy atom. The third-order valence-electron chi connectivity index (χ3n) is 2.54. The molecular formula is C12H20N2S.